The Balaban J connectivity index is 1.95. The first-order valence-electron chi connectivity index (χ1n) is 5.51. The molecule has 3 N–H and O–H groups in total. The molecule has 0 aliphatic rings. The third-order valence-electron chi connectivity index (χ3n) is 2.55. The van der Waals surface area contributed by atoms with Crippen LogP contribution in [0.25, 0.3) is 10.9 Å². The van der Waals surface area contributed by atoms with E-state index >= 15 is 0 Å². The van der Waals surface area contributed by atoms with Gasteiger partial charge in [-0.25, -0.2) is 4.98 Å². The van der Waals surface area contributed by atoms with Crippen LogP contribution >= 0.6 is 0 Å². The molecule has 1 aromatic carbocycles. The van der Waals surface area contributed by atoms with Crippen molar-refractivity contribution in [1.82, 2.24) is 15.0 Å². The molecule has 0 aliphatic carbocycles. The van der Waals surface area contributed by atoms with Crippen molar-refractivity contribution in [2.24, 2.45) is 0 Å². The van der Waals surface area contributed by atoms with Crippen molar-refractivity contribution in [3.63, 3.8) is 0 Å². The number of nitrogens with zero attached hydrogens (tertiary/aromatic N) is 3. The second-order valence-corrected chi connectivity index (χ2v) is 3.84. The van der Waals surface area contributed by atoms with Gasteiger partial charge in [0.2, 0.25) is 5.95 Å². The largest absolute Gasteiger partial charge is 0.368 e. The molecule has 0 atom stereocenters. The van der Waals surface area contributed by atoms with Crippen molar-refractivity contribution in [1.29, 1.82) is 0 Å². The fourth-order valence-corrected chi connectivity index (χ4v) is 1.74. The van der Waals surface area contributed by atoms with Crippen LogP contribution in [0.1, 0.15) is 0 Å². The summed E-state index contributed by atoms with van der Waals surface area (Å²) in [6.45, 7) is 0. The van der Waals surface area contributed by atoms with Crippen LogP contribution in [0.3, 0.4) is 0 Å². The van der Waals surface area contributed by atoms with Crippen LogP contribution in [0.4, 0.5) is 17.5 Å². The highest BCUT2D eigenvalue weighted by Crippen LogP contribution is 2.20. The summed E-state index contributed by atoms with van der Waals surface area (Å²) >= 11 is 0. The maximum absolute atomic E-state index is 5.53. The molecular weight excluding hydrogens is 226 g/mol. The van der Waals surface area contributed by atoms with Crippen LogP contribution in [-0.2, 0) is 0 Å². The van der Waals surface area contributed by atoms with E-state index in [2.05, 4.69) is 20.3 Å². The SMILES string of the molecule is Nc1nccc(Nc2ccc3ncccc3c2)n1. The predicted molar refractivity (Wildman–Crippen MR) is 71.5 cm³/mol. The van der Waals surface area contributed by atoms with Gasteiger partial charge in [0.05, 0.1) is 5.52 Å². The fourth-order valence-electron chi connectivity index (χ4n) is 1.74. The summed E-state index contributed by atoms with van der Waals surface area (Å²) in [7, 11) is 0. The van der Waals surface area contributed by atoms with Crippen molar-refractivity contribution in [3.05, 3.63) is 48.8 Å². The molecule has 2 aromatic heterocycles. The summed E-state index contributed by atoms with van der Waals surface area (Å²) < 4.78 is 0. The maximum Gasteiger partial charge on any atom is 0.221 e. The van der Waals surface area contributed by atoms with Gasteiger partial charge in [-0.3, -0.25) is 4.98 Å². The highest BCUT2D eigenvalue weighted by atomic mass is 15.1. The number of aromatic nitrogens is 3. The number of fused-ring (bicyclic) bond motifs is 1. The van der Waals surface area contributed by atoms with E-state index in [1.165, 1.54) is 0 Å². The van der Waals surface area contributed by atoms with E-state index in [9.17, 15) is 0 Å². The third-order valence-corrected chi connectivity index (χ3v) is 2.55. The molecule has 0 fully saturated rings. The Hall–Kier alpha value is -2.69. The van der Waals surface area contributed by atoms with E-state index < -0.39 is 0 Å². The second kappa shape index (κ2) is 4.29. The van der Waals surface area contributed by atoms with Crippen LogP contribution in [0.5, 0.6) is 0 Å². The van der Waals surface area contributed by atoms with Crippen molar-refractivity contribution >= 4 is 28.4 Å². The lowest BCUT2D eigenvalue weighted by Crippen LogP contribution is -1.98. The first kappa shape index (κ1) is 10.5. The summed E-state index contributed by atoms with van der Waals surface area (Å²) in [5.41, 5.74) is 7.43. The lowest BCUT2D eigenvalue weighted by Gasteiger charge is -2.06. The Bertz CT molecular complexity index is 696. The second-order valence-electron chi connectivity index (χ2n) is 3.84. The fraction of sp³-hybridized carbons (Fsp3) is 0. The quantitative estimate of drug-likeness (QED) is 0.715. The highest BCUT2D eigenvalue weighted by Gasteiger charge is 1.99. The number of benzene rings is 1. The van der Waals surface area contributed by atoms with Crippen LogP contribution in [-0.4, -0.2) is 15.0 Å². The van der Waals surface area contributed by atoms with Crippen LogP contribution in [0.2, 0.25) is 0 Å². The number of hydrogen-bond donors (Lipinski definition) is 2. The number of nitrogens with two attached hydrogens (primary N) is 1. The Morgan fingerprint density at radius 2 is 1.94 bits per heavy atom. The Morgan fingerprint density at radius 1 is 1.00 bits per heavy atom. The van der Waals surface area contributed by atoms with Crippen molar-refractivity contribution in [3.8, 4) is 0 Å². The van der Waals surface area contributed by atoms with Crippen molar-refractivity contribution in [2.75, 3.05) is 11.1 Å². The molecule has 3 rings (SSSR count). The van der Waals surface area contributed by atoms with E-state index in [0.717, 1.165) is 16.6 Å². The lowest BCUT2D eigenvalue weighted by atomic mass is 10.2. The average Bonchev–Trinajstić information content (AvgIpc) is 2.39. The molecule has 2 heterocycles. The van der Waals surface area contributed by atoms with Gasteiger partial charge in [0.25, 0.3) is 0 Å². The minimum absolute atomic E-state index is 0.252. The van der Waals surface area contributed by atoms with Gasteiger partial charge in [0.15, 0.2) is 0 Å². The van der Waals surface area contributed by atoms with Gasteiger partial charge in [-0.2, -0.15) is 4.98 Å². The van der Waals surface area contributed by atoms with Gasteiger partial charge in [-0.05, 0) is 30.3 Å². The maximum atomic E-state index is 5.53. The topological polar surface area (TPSA) is 76.7 Å². The molecule has 5 heteroatoms. The molecule has 18 heavy (non-hydrogen) atoms. The lowest BCUT2D eigenvalue weighted by molar-refractivity contribution is 1.18. The molecular formula is C13H11N5. The zero-order valence-electron chi connectivity index (χ0n) is 9.54. The number of hydrogen-bond acceptors (Lipinski definition) is 5. The number of pyridine rings is 1. The van der Waals surface area contributed by atoms with E-state index in [4.69, 9.17) is 5.73 Å². The number of rotatable bonds is 2. The predicted octanol–water partition coefficient (Wildman–Crippen LogP) is 2.35. The van der Waals surface area contributed by atoms with Crippen LogP contribution in [0, 0.1) is 0 Å². The summed E-state index contributed by atoms with van der Waals surface area (Å²) in [4.78, 5) is 12.2. The molecule has 0 bridgehead atoms. The molecule has 0 aliphatic heterocycles. The Morgan fingerprint density at radius 3 is 2.83 bits per heavy atom. The summed E-state index contributed by atoms with van der Waals surface area (Å²) in [6, 6.07) is 11.6. The molecule has 0 unspecified atom stereocenters. The molecule has 3 aromatic rings. The smallest absolute Gasteiger partial charge is 0.221 e. The van der Waals surface area contributed by atoms with Gasteiger partial charge in [0.1, 0.15) is 5.82 Å². The minimum Gasteiger partial charge on any atom is -0.368 e. The van der Waals surface area contributed by atoms with Crippen LogP contribution < -0.4 is 11.1 Å². The van der Waals surface area contributed by atoms with Crippen molar-refractivity contribution in [2.45, 2.75) is 0 Å². The molecule has 0 spiro atoms. The molecule has 0 saturated carbocycles. The van der Waals surface area contributed by atoms with E-state index in [1.807, 2.05) is 30.3 Å². The Kier molecular flexibility index (Phi) is 2.49. The summed E-state index contributed by atoms with van der Waals surface area (Å²) in [6.07, 6.45) is 3.40. The van der Waals surface area contributed by atoms with E-state index in [-0.39, 0.29) is 5.95 Å². The molecule has 0 amide bonds. The number of anilines is 3. The van der Waals surface area contributed by atoms with E-state index in [1.54, 1.807) is 18.5 Å². The summed E-state index contributed by atoms with van der Waals surface area (Å²) in [5, 5.41) is 4.25. The average molecular weight is 237 g/mol. The van der Waals surface area contributed by atoms with Gasteiger partial charge in [-0.15, -0.1) is 0 Å². The minimum atomic E-state index is 0.252. The molecule has 0 saturated heterocycles. The highest BCUT2D eigenvalue weighted by molar-refractivity contribution is 5.82. The molecule has 0 radical (unpaired) electrons. The first-order chi connectivity index (χ1) is 8.81. The van der Waals surface area contributed by atoms with E-state index in [0.29, 0.717) is 5.82 Å². The standard InChI is InChI=1S/C13H11N5/c14-13-16-7-5-12(18-13)17-10-3-4-11-9(8-10)2-1-6-15-11/h1-8H,(H3,14,16,17,18). The van der Waals surface area contributed by atoms with Gasteiger partial charge in [-0.1, -0.05) is 6.07 Å². The monoisotopic (exact) mass is 237 g/mol. The van der Waals surface area contributed by atoms with Crippen molar-refractivity contribution < 1.29 is 0 Å². The first-order valence-corrected chi connectivity index (χ1v) is 5.51. The third kappa shape index (κ3) is 2.06. The normalized spacial score (nSPS) is 10.4. The summed E-state index contributed by atoms with van der Waals surface area (Å²) in [5.74, 6) is 0.924. The number of nitrogens with one attached hydrogen (secondary N) is 1. The number of nitrogen functional groups attached to an aromatic ring is 1. The van der Waals surface area contributed by atoms with Gasteiger partial charge >= 0.3 is 0 Å². The van der Waals surface area contributed by atoms with Gasteiger partial charge < -0.3 is 11.1 Å². The van der Waals surface area contributed by atoms with Crippen LogP contribution in [0.15, 0.2) is 48.8 Å². The van der Waals surface area contributed by atoms with Gasteiger partial charge in [0, 0.05) is 23.5 Å². The zero-order valence-corrected chi connectivity index (χ0v) is 9.54. The Labute approximate surface area is 104 Å². The molecule has 88 valence electrons. The zero-order chi connectivity index (χ0) is 12.4. The molecule has 5 nitrogen and oxygen atoms in total.